The van der Waals surface area contributed by atoms with Crippen molar-refractivity contribution in [2.75, 3.05) is 13.1 Å². The van der Waals surface area contributed by atoms with Gasteiger partial charge >= 0.3 is 0 Å². The Morgan fingerprint density at radius 2 is 2.00 bits per heavy atom. The lowest BCUT2D eigenvalue weighted by Crippen LogP contribution is -2.55. The van der Waals surface area contributed by atoms with Crippen LogP contribution in [0.1, 0.15) is 25.0 Å². The number of nitriles is 1. The van der Waals surface area contributed by atoms with E-state index in [0.29, 0.717) is 24.2 Å². The van der Waals surface area contributed by atoms with Crippen molar-refractivity contribution in [3.63, 3.8) is 0 Å². The van der Waals surface area contributed by atoms with Crippen molar-refractivity contribution in [2.45, 2.75) is 31.7 Å². The average Bonchev–Trinajstić information content (AvgIpc) is 2.37. The van der Waals surface area contributed by atoms with Crippen molar-refractivity contribution >= 4 is 10.0 Å². The largest absolute Gasteiger partial charge is 0.309 e. The third-order valence-electron chi connectivity index (χ3n) is 3.32. The zero-order valence-electron chi connectivity index (χ0n) is 11.7. The van der Waals surface area contributed by atoms with Crippen LogP contribution in [0.4, 0.5) is 0 Å². The summed E-state index contributed by atoms with van der Waals surface area (Å²) in [5, 5.41) is 12.2. The van der Waals surface area contributed by atoms with Gasteiger partial charge in [0.2, 0.25) is 10.0 Å². The van der Waals surface area contributed by atoms with E-state index in [9.17, 15) is 8.42 Å². The molecule has 5 nitrogen and oxygen atoms in total. The summed E-state index contributed by atoms with van der Waals surface area (Å²) in [4.78, 5) is 0. The van der Waals surface area contributed by atoms with Crippen molar-refractivity contribution in [1.82, 2.24) is 9.62 Å². The predicted octanol–water partition coefficient (Wildman–Crippen LogP) is 1.07. The van der Waals surface area contributed by atoms with Crippen LogP contribution in [-0.2, 0) is 15.8 Å². The topological polar surface area (TPSA) is 73.2 Å². The minimum atomic E-state index is -3.34. The highest BCUT2D eigenvalue weighted by Gasteiger charge is 2.30. The SMILES string of the molecule is CC1CN(S(=O)(=O)Cc2cccc(C#N)c2)CC(C)N1. The van der Waals surface area contributed by atoms with E-state index in [-0.39, 0.29) is 17.8 Å². The summed E-state index contributed by atoms with van der Waals surface area (Å²) >= 11 is 0. The minimum absolute atomic E-state index is 0.0536. The Hall–Kier alpha value is -1.42. The van der Waals surface area contributed by atoms with Crippen LogP contribution in [0.5, 0.6) is 0 Å². The van der Waals surface area contributed by atoms with E-state index in [0.717, 1.165) is 0 Å². The maximum Gasteiger partial charge on any atom is 0.218 e. The number of hydrogen-bond acceptors (Lipinski definition) is 4. The molecule has 0 radical (unpaired) electrons. The van der Waals surface area contributed by atoms with Crippen LogP contribution < -0.4 is 5.32 Å². The second-order valence-electron chi connectivity index (χ2n) is 5.35. The monoisotopic (exact) mass is 293 g/mol. The molecule has 2 unspecified atom stereocenters. The van der Waals surface area contributed by atoms with Gasteiger partial charge in [-0.25, -0.2) is 8.42 Å². The smallest absolute Gasteiger partial charge is 0.218 e. The number of nitrogens with zero attached hydrogens (tertiary/aromatic N) is 2. The summed E-state index contributed by atoms with van der Waals surface area (Å²) in [6.45, 7) is 4.94. The number of sulfonamides is 1. The lowest BCUT2D eigenvalue weighted by Gasteiger charge is -2.35. The molecule has 0 bridgehead atoms. The molecule has 20 heavy (non-hydrogen) atoms. The molecule has 0 saturated carbocycles. The highest BCUT2D eigenvalue weighted by molar-refractivity contribution is 7.88. The van der Waals surface area contributed by atoms with Crippen LogP contribution in [0.2, 0.25) is 0 Å². The lowest BCUT2D eigenvalue weighted by molar-refractivity contribution is 0.262. The maximum atomic E-state index is 12.5. The highest BCUT2D eigenvalue weighted by Crippen LogP contribution is 2.15. The molecule has 1 aromatic rings. The Morgan fingerprint density at radius 1 is 1.35 bits per heavy atom. The lowest BCUT2D eigenvalue weighted by atomic mass is 10.2. The van der Waals surface area contributed by atoms with Gasteiger partial charge in [0.05, 0.1) is 17.4 Å². The molecule has 0 amide bonds. The molecule has 108 valence electrons. The number of rotatable bonds is 3. The number of piperazine rings is 1. The first-order chi connectivity index (χ1) is 9.40. The van der Waals surface area contributed by atoms with Crippen molar-refractivity contribution in [1.29, 1.82) is 5.26 Å². The van der Waals surface area contributed by atoms with Gasteiger partial charge in [-0.2, -0.15) is 9.57 Å². The van der Waals surface area contributed by atoms with Gasteiger partial charge in [0.15, 0.2) is 0 Å². The Labute approximate surface area is 120 Å². The molecular weight excluding hydrogens is 274 g/mol. The van der Waals surface area contributed by atoms with Crippen LogP contribution in [0, 0.1) is 11.3 Å². The molecule has 2 atom stereocenters. The fourth-order valence-corrected chi connectivity index (χ4v) is 4.22. The third-order valence-corrected chi connectivity index (χ3v) is 5.11. The zero-order chi connectivity index (χ0) is 14.8. The van der Waals surface area contributed by atoms with E-state index >= 15 is 0 Å². The van der Waals surface area contributed by atoms with Crippen molar-refractivity contribution in [3.8, 4) is 6.07 Å². The maximum absolute atomic E-state index is 12.5. The molecule has 1 N–H and O–H groups in total. The summed E-state index contributed by atoms with van der Waals surface area (Å²) in [7, 11) is -3.34. The first-order valence-corrected chi connectivity index (χ1v) is 8.24. The summed E-state index contributed by atoms with van der Waals surface area (Å²) < 4.78 is 26.5. The molecule has 2 rings (SSSR count). The first kappa shape index (κ1) is 15.0. The Balaban J connectivity index is 2.16. The molecule has 0 aromatic heterocycles. The van der Waals surface area contributed by atoms with E-state index in [2.05, 4.69) is 5.32 Å². The van der Waals surface area contributed by atoms with E-state index in [1.54, 1.807) is 24.3 Å². The third kappa shape index (κ3) is 3.57. The predicted molar refractivity (Wildman–Crippen MR) is 77.4 cm³/mol. The second kappa shape index (κ2) is 5.92. The molecule has 6 heteroatoms. The standard InChI is InChI=1S/C14H19N3O2S/c1-11-8-17(9-12(2)16-11)20(18,19)10-14-5-3-4-13(6-14)7-15/h3-6,11-12,16H,8-10H2,1-2H3. The van der Waals surface area contributed by atoms with Gasteiger partial charge in [0.25, 0.3) is 0 Å². The molecule has 1 saturated heterocycles. The number of nitrogens with one attached hydrogen (secondary N) is 1. The van der Waals surface area contributed by atoms with Gasteiger partial charge in [0, 0.05) is 25.2 Å². The van der Waals surface area contributed by atoms with E-state index in [1.807, 2.05) is 19.9 Å². The molecule has 1 aliphatic heterocycles. The van der Waals surface area contributed by atoms with E-state index in [4.69, 9.17) is 5.26 Å². The van der Waals surface area contributed by atoms with Crippen molar-refractivity contribution in [3.05, 3.63) is 35.4 Å². The Kier molecular flexibility index (Phi) is 4.43. The zero-order valence-corrected chi connectivity index (χ0v) is 12.5. The van der Waals surface area contributed by atoms with Gasteiger partial charge in [0.1, 0.15) is 0 Å². The summed E-state index contributed by atoms with van der Waals surface area (Å²) in [5.41, 5.74) is 1.14. The van der Waals surface area contributed by atoms with Gasteiger partial charge in [-0.1, -0.05) is 12.1 Å². The van der Waals surface area contributed by atoms with Crippen LogP contribution in [0.3, 0.4) is 0 Å². The molecule has 1 fully saturated rings. The molecule has 0 spiro atoms. The van der Waals surface area contributed by atoms with Crippen molar-refractivity contribution in [2.24, 2.45) is 0 Å². The summed E-state index contributed by atoms with van der Waals surface area (Å²) in [5.74, 6) is -0.0536. The van der Waals surface area contributed by atoms with Crippen LogP contribution in [-0.4, -0.2) is 37.9 Å². The van der Waals surface area contributed by atoms with Gasteiger partial charge in [-0.05, 0) is 31.5 Å². The quantitative estimate of drug-likeness (QED) is 0.905. The van der Waals surface area contributed by atoms with Crippen LogP contribution >= 0.6 is 0 Å². The average molecular weight is 293 g/mol. The Morgan fingerprint density at radius 3 is 2.60 bits per heavy atom. The molecule has 1 aromatic carbocycles. The highest BCUT2D eigenvalue weighted by atomic mass is 32.2. The van der Waals surface area contributed by atoms with Crippen molar-refractivity contribution < 1.29 is 8.42 Å². The Bertz CT molecular complexity index is 612. The van der Waals surface area contributed by atoms with E-state index < -0.39 is 10.0 Å². The first-order valence-electron chi connectivity index (χ1n) is 6.63. The van der Waals surface area contributed by atoms with E-state index in [1.165, 1.54) is 4.31 Å². The number of benzene rings is 1. The molecular formula is C14H19N3O2S. The normalized spacial score (nSPS) is 24.2. The minimum Gasteiger partial charge on any atom is -0.309 e. The van der Waals surface area contributed by atoms with Gasteiger partial charge in [-0.3, -0.25) is 0 Å². The molecule has 1 aliphatic rings. The summed E-state index contributed by atoms with van der Waals surface area (Å²) in [6, 6.07) is 9.09. The number of hydrogen-bond donors (Lipinski definition) is 1. The van der Waals surface area contributed by atoms with Crippen LogP contribution in [0.15, 0.2) is 24.3 Å². The van der Waals surface area contributed by atoms with Gasteiger partial charge in [-0.15, -0.1) is 0 Å². The van der Waals surface area contributed by atoms with Crippen LogP contribution in [0.25, 0.3) is 0 Å². The summed E-state index contributed by atoms with van der Waals surface area (Å²) in [6.07, 6.45) is 0. The molecule has 0 aliphatic carbocycles. The fourth-order valence-electron chi connectivity index (χ4n) is 2.54. The molecule has 1 heterocycles. The second-order valence-corrected chi connectivity index (χ2v) is 7.32. The fraction of sp³-hybridized carbons (Fsp3) is 0.500. The van der Waals surface area contributed by atoms with Gasteiger partial charge < -0.3 is 5.32 Å².